The van der Waals surface area contributed by atoms with Gasteiger partial charge in [-0.3, -0.25) is 0 Å². The highest BCUT2D eigenvalue weighted by atomic mass is 35.5. The number of anilines is 1. The predicted molar refractivity (Wildman–Crippen MR) is 59.0 cm³/mol. The summed E-state index contributed by atoms with van der Waals surface area (Å²) in [5.74, 6) is 0.123. The molecule has 0 aliphatic carbocycles. The number of halogens is 4. The third-order valence-corrected chi connectivity index (χ3v) is 2.58. The smallest absolute Gasteiger partial charge is 0.381 e. The molecule has 0 amide bonds. The lowest BCUT2D eigenvalue weighted by Crippen LogP contribution is -2.13. The summed E-state index contributed by atoms with van der Waals surface area (Å²) in [5.41, 5.74) is 4.86. The van der Waals surface area contributed by atoms with Crippen LogP contribution in [0.15, 0.2) is 12.3 Å². The number of alkyl halides is 3. The van der Waals surface area contributed by atoms with Gasteiger partial charge in [-0.15, -0.1) is 0 Å². The van der Waals surface area contributed by atoms with Gasteiger partial charge in [0.2, 0.25) is 0 Å². The molecule has 0 saturated heterocycles. The summed E-state index contributed by atoms with van der Waals surface area (Å²) in [6, 6.07) is 0.967. The van der Waals surface area contributed by atoms with Crippen molar-refractivity contribution in [1.82, 2.24) is 19.6 Å². The van der Waals surface area contributed by atoms with Gasteiger partial charge in [-0.2, -0.15) is 23.4 Å². The van der Waals surface area contributed by atoms with Gasteiger partial charge in [0, 0.05) is 11.9 Å². The average molecular weight is 280 g/mol. The van der Waals surface area contributed by atoms with Crippen LogP contribution >= 0.6 is 11.6 Å². The summed E-state index contributed by atoms with van der Waals surface area (Å²) in [7, 11) is 0. The number of hydrogen-bond donors (Lipinski definition) is 1. The number of aromatic nitrogens is 4. The van der Waals surface area contributed by atoms with Crippen molar-refractivity contribution < 1.29 is 13.2 Å². The molecule has 5 nitrogen and oxygen atoms in total. The summed E-state index contributed by atoms with van der Waals surface area (Å²) >= 11 is 5.70. The number of nitrogen functional groups attached to an aromatic ring is 1. The molecule has 0 atom stereocenters. The van der Waals surface area contributed by atoms with E-state index in [1.807, 2.05) is 0 Å². The van der Waals surface area contributed by atoms with E-state index in [1.165, 1.54) is 22.5 Å². The summed E-state index contributed by atoms with van der Waals surface area (Å²) in [4.78, 5) is 0. The van der Waals surface area contributed by atoms with Crippen LogP contribution in [0.4, 0.5) is 19.0 Å². The Morgan fingerprint density at radius 1 is 1.39 bits per heavy atom. The molecular weight excluding hydrogens is 271 g/mol. The molecule has 0 saturated carbocycles. The molecule has 9 heteroatoms. The van der Waals surface area contributed by atoms with Crippen LogP contribution in [0.2, 0.25) is 5.02 Å². The maximum absolute atomic E-state index is 12.4. The molecule has 2 rings (SSSR count). The molecule has 0 radical (unpaired) electrons. The fourth-order valence-electron chi connectivity index (χ4n) is 1.41. The molecule has 2 aromatic heterocycles. The number of nitrogens with two attached hydrogens (primary N) is 1. The first-order chi connectivity index (χ1) is 8.27. The van der Waals surface area contributed by atoms with Crippen molar-refractivity contribution >= 4 is 17.4 Å². The standard InChI is InChI=1S/C9H9ClF3N5/c1-5-2-7(9(11,12)13)15-18(5)4-17-3-6(10)8(14)16-17/h2-3H,4H2,1H3,(H2,14,16). The van der Waals surface area contributed by atoms with Crippen LogP contribution in [-0.2, 0) is 12.8 Å². The molecular formula is C9H9ClF3N5. The van der Waals surface area contributed by atoms with E-state index in [0.717, 1.165) is 6.07 Å². The maximum atomic E-state index is 12.4. The Morgan fingerprint density at radius 2 is 2.06 bits per heavy atom. The largest absolute Gasteiger partial charge is 0.435 e. The molecule has 0 fully saturated rings. The number of hydrogen-bond acceptors (Lipinski definition) is 3. The van der Waals surface area contributed by atoms with Crippen molar-refractivity contribution in [3.05, 3.63) is 28.7 Å². The predicted octanol–water partition coefficient (Wildman–Crippen LogP) is 2.15. The highest BCUT2D eigenvalue weighted by molar-refractivity contribution is 6.32. The zero-order valence-corrected chi connectivity index (χ0v) is 10.00. The van der Waals surface area contributed by atoms with Crippen molar-refractivity contribution in [1.29, 1.82) is 0 Å². The van der Waals surface area contributed by atoms with Crippen LogP contribution in [0.3, 0.4) is 0 Å². The lowest BCUT2D eigenvalue weighted by molar-refractivity contribution is -0.141. The Morgan fingerprint density at radius 3 is 2.50 bits per heavy atom. The van der Waals surface area contributed by atoms with E-state index in [0.29, 0.717) is 5.69 Å². The number of aryl methyl sites for hydroxylation is 1. The molecule has 18 heavy (non-hydrogen) atoms. The second kappa shape index (κ2) is 4.20. The van der Waals surface area contributed by atoms with Gasteiger partial charge in [0.25, 0.3) is 0 Å². The van der Waals surface area contributed by atoms with Crippen LogP contribution in [0.5, 0.6) is 0 Å². The molecule has 0 aromatic carbocycles. The lowest BCUT2D eigenvalue weighted by atomic mass is 10.4. The maximum Gasteiger partial charge on any atom is 0.435 e. The van der Waals surface area contributed by atoms with E-state index in [1.54, 1.807) is 0 Å². The van der Waals surface area contributed by atoms with Crippen molar-refractivity contribution in [3.63, 3.8) is 0 Å². The molecule has 0 aliphatic heterocycles. The summed E-state index contributed by atoms with van der Waals surface area (Å²) in [6.07, 6.45) is -3.04. The van der Waals surface area contributed by atoms with Gasteiger partial charge in [-0.25, -0.2) is 9.36 Å². The van der Waals surface area contributed by atoms with E-state index in [9.17, 15) is 13.2 Å². The Kier molecular flexibility index (Phi) is 2.97. The van der Waals surface area contributed by atoms with Crippen LogP contribution in [0, 0.1) is 6.92 Å². The zero-order chi connectivity index (χ0) is 13.5. The van der Waals surface area contributed by atoms with Crippen LogP contribution in [0.25, 0.3) is 0 Å². The Balaban J connectivity index is 2.27. The first-order valence-corrected chi connectivity index (χ1v) is 5.25. The minimum atomic E-state index is -4.46. The normalized spacial score (nSPS) is 12.1. The highest BCUT2D eigenvalue weighted by Gasteiger charge is 2.34. The summed E-state index contributed by atoms with van der Waals surface area (Å²) < 4.78 is 39.8. The van der Waals surface area contributed by atoms with Gasteiger partial charge < -0.3 is 5.73 Å². The average Bonchev–Trinajstić information content (AvgIpc) is 2.72. The second-order valence-electron chi connectivity index (χ2n) is 3.71. The van der Waals surface area contributed by atoms with E-state index in [2.05, 4.69) is 10.2 Å². The van der Waals surface area contributed by atoms with Gasteiger partial charge in [-0.05, 0) is 13.0 Å². The topological polar surface area (TPSA) is 61.7 Å². The van der Waals surface area contributed by atoms with Gasteiger partial charge in [-0.1, -0.05) is 11.6 Å². The number of rotatable bonds is 2. The quantitative estimate of drug-likeness (QED) is 0.916. The van der Waals surface area contributed by atoms with Crippen LogP contribution in [-0.4, -0.2) is 19.6 Å². The van der Waals surface area contributed by atoms with Gasteiger partial charge in [0.05, 0.1) is 0 Å². The molecule has 0 unspecified atom stereocenters. The van der Waals surface area contributed by atoms with Crippen molar-refractivity contribution in [3.8, 4) is 0 Å². The molecule has 98 valence electrons. The van der Waals surface area contributed by atoms with E-state index < -0.39 is 11.9 Å². The molecule has 0 spiro atoms. The Hall–Kier alpha value is -1.70. The third kappa shape index (κ3) is 2.42. The minimum absolute atomic E-state index is 0.0127. The van der Waals surface area contributed by atoms with Crippen molar-refractivity contribution in [2.45, 2.75) is 19.8 Å². The van der Waals surface area contributed by atoms with Crippen molar-refractivity contribution in [2.24, 2.45) is 0 Å². The molecule has 2 aromatic rings. The van der Waals surface area contributed by atoms with Crippen molar-refractivity contribution in [2.75, 3.05) is 5.73 Å². The minimum Gasteiger partial charge on any atom is -0.381 e. The second-order valence-corrected chi connectivity index (χ2v) is 4.12. The SMILES string of the molecule is Cc1cc(C(F)(F)F)nn1Cn1cc(Cl)c(N)n1. The van der Waals surface area contributed by atoms with Gasteiger partial charge in [0.15, 0.2) is 11.5 Å². The third-order valence-electron chi connectivity index (χ3n) is 2.29. The molecule has 0 bridgehead atoms. The number of nitrogens with zero attached hydrogens (tertiary/aromatic N) is 4. The van der Waals surface area contributed by atoms with E-state index >= 15 is 0 Å². The Labute approximate surface area is 105 Å². The van der Waals surface area contributed by atoms with Crippen LogP contribution in [0.1, 0.15) is 11.4 Å². The van der Waals surface area contributed by atoms with E-state index in [-0.39, 0.29) is 17.5 Å². The van der Waals surface area contributed by atoms with E-state index in [4.69, 9.17) is 17.3 Å². The first kappa shape index (κ1) is 12.7. The van der Waals surface area contributed by atoms with Gasteiger partial charge >= 0.3 is 6.18 Å². The molecule has 2 N–H and O–H groups in total. The summed E-state index contributed by atoms with van der Waals surface area (Å²) in [6.45, 7) is 1.54. The summed E-state index contributed by atoms with van der Waals surface area (Å²) in [5, 5.41) is 7.55. The first-order valence-electron chi connectivity index (χ1n) is 4.87. The highest BCUT2D eigenvalue weighted by Crippen LogP contribution is 2.28. The van der Waals surface area contributed by atoms with Gasteiger partial charge in [0.1, 0.15) is 11.7 Å². The fourth-order valence-corrected chi connectivity index (χ4v) is 1.56. The fraction of sp³-hybridized carbons (Fsp3) is 0.333. The molecule has 2 heterocycles. The Bertz CT molecular complexity index is 552. The monoisotopic (exact) mass is 279 g/mol. The van der Waals surface area contributed by atoms with Crippen LogP contribution < -0.4 is 5.73 Å². The molecule has 0 aliphatic rings. The lowest BCUT2D eigenvalue weighted by Gasteiger charge is -2.04. The zero-order valence-electron chi connectivity index (χ0n) is 9.24.